The number of benzene rings is 1. The van der Waals surface area contributed by atoms with Crippen molar-refractivity contribution in [2.45, 2.75) is 25.4 Å². The Morgan fingerprint density at radius 2 is 2.17 bits per heavy atom. The first kappa shape index (κ1) is 11.5. The van der Waals surface area contributed by atoms with E-state index < -0.39 is 0 Å². The topological polar surface area (TPSA) is 54.5 Å². The third kappa shape index (κ3) is 1.95. The molecule has 0 aliphatic carbocycles. The van der Waals surface area contributed by atoms with Gasteiger partial charge in [0.05, 0.1) is 0 Å². The van der Waals surface area contributed by atoms with Crippen molar-refractivity contribution < 1.29 is 0 Å². The SMILES string of the molecule is CCCSc1nnc2c(n1)[nH]c1ccc(C)cc12. The number of H-pyrrole nitrogens is 1. The van der Waals surface area contributed by atoms with Crippen LogP contribution in [0.15, 0.2) is 23.4 Å². The Hall–Kier alpha value is -1.62. The Bertz CT molecular complexity index is 705. The first-order valence-electron chi connectivity index (χ1n) is 6.03. The van der Waals surface area contributed by atoms with Gasteiger partial charge in [0.15, 0.2) is 5.65 Å². The van der Waals surface area contributed by atoms with Crippen LogP contribution in [-0.2, 0) is 0 Å². The molecular weight excluding hydrogens is 244 g/mol. The molecule has 0 aliphatic heterocycles. The van der Waals surface area contributed by atoms with E-state index in [1.54, 1.807) is 11.8 Å². The monoisotopic (exact) mass is 258 g/mol. The number of nitrogens with one attached hydrogen (secondary N) is 1. The van der Waals surface area contributed by atoms with Crippen molar-refractivity contribution in [3.8, 4) is 0 Å². The van der Waals surface area contributed by atoms with Crippen LogP contribution in [0.4, 0.5) is 0 Å². The van der Waals surface area contributed by atoms with Gasteiger partial charge in [-0.1, -0.05) is 30.3 Å². The van der Waals surface area contributed by atoms with E-state index in [-0.39, 0.29) is 0 Å². The molecule has 2 aromatic heterocycles. The summed E-state index contributed by atoms with van der Waals surface area (Å²) in [5.41, 5.74) is 3.96. The van der Waals surface area contributed by atoms with Gasteiger partial charge in [-0.2, -0.15) is 0 Å². The van der Waals surface area contributed by atoms with E-state index in [4.69, 9.17) is 0 Å². The number of aryl methyl sites for hydroxylation is 1. The summed E-state index contributed by atoms with van der Waals surface area (Å²) in [4.78, 5) is 7.81. The average molecular weight is 258 g/mol. The van der Waals surface area contributed by atoms with Crippen molar-refractivity contribution in [2.24, 2.45) is 0 Å². The van der Waals surface area contributed by atoms with E-state index in [9.17, 15) is 0 Å². The predicted octanol–water partition coefficient (Wildman–Crippen LogP) is 3.32. The van der Waals surface area contributed by atoms with Crippen molar-refractivity contribution in [3.05, 3.63) is 23.8 Å². The summed E-state index contributed by atoms with van der Waals surface area (Å²) in [6.07, 6.45) is 1.11. The van der Waals surface area contributed by atoms with Crippen molar-refractivity contribution in [1.82, 2.24) is 20.2 Å². The molecule has 0 unspecified atom stereocenters. The van der Waals surface area contributed by atoms with E-state index in [0.29, 0.717) is 0 Å². The van der Waals surface area contributed by atoms with Crippen LogP contribution in [0.1, 0.15) is 18.9 Å². The minimum atomic E-state index is 0.743. The van der Waals surface area contributed by atoms with E-state index in [2.05, 4.69) is 52.2 Å². The third-order valence-electron chi connectivity index (χ3n) is 2.79. The summed E-state index contributed by atoms with van der Waals surface area (Å²) in [5, 5.41) is 10.3. The number of thioether (sulfide) groups is 1. The average Bonchev–Trinajstić information content (AvgIpc) is 2.73. The fraction of sp³-hybridized carbons (Fsp3) is 0.308. The van der Waals surface area contributed by atoms with E-state index in [1.165, 1.54) is 5.56 Å². The molecule has 0 amide bonds. The van der Waals surface area contributed by atoms with Crippen LogP contribution < -0.4 is 0 Å². The lowest BCUT2D eigenvalue weighted by Gasteiger charge is -1.96. The van der Waals surface area contributed by atoms with Gasteiger partial charge in [0, 0.05) is 16.7 Å². The number of aromatic amines is 1. The van der Waals surface area contributed by atoms with Gasteiger partial charge >= 0.3 is 0 Å². The Balaban J connectivity index is 2.14. The third-order valence-corrected chi connectivity index (χ3v) is 3.83. The lowest BCUT2D eigenvalue weighted by atomic mass is 10.2. The second kappa shape index (κ2) is 4.57. The summed E-state index contributed by atoms with van der Waals surface area (Å²) >= 11 is 1.64. The number of fused-ring (bicyclic) bond motifs is 3. The van der Waals surface area contributed by atoms with Gasteiger partial charge < -0.3 is 4.98 Å². The van der Waals surface area contributed by atoms with Gasteiger partial charge in [-0.3, -0.25) is 0 Å². The molecule has 3 aromatic rings. The first-order chi connectivity index (χ1) is 8.78. The molecule has 0 saturated heterocycles. The van der Waals surface area contributed by atoms with Crippen LogP contribution in [0, 0.1) is 6.92 Å². The number of hydrogen-bond donors (Lipinski definition) is 1. The molecular formula is C13H14N4S. The molecule has 0 spiro atoms. The zero-order chi connectivity index (χ0) is 12.5. The molecule has 1 N–H and O–H groups in total. The molecule has 0 bridgehead atoms. The van der Waals surface area contributed by atoms with Gasteiger partial charge in [0.25, 0.3) is 0 Å². The lowest BCUT2D eigenvalue weighted by molar-refractivity contribution is 0.876. The minimum absolute atomic E-state index is 0.743. The molecule has 2 heterocycles. The molecule has 1 aromatic carbocycles. The molecule has 3 rings (SSSR count). The second-order valence-corrected chi connectivity index (χ2v) is 5.38. The van der Waals surface area contributed by atoms with Gasteiger partial charge in [-0.15, -0.1) is 10.2 Å². The highest BCUT2D eigenvalue weighted by atomic mass is 32.2. The Labute approximate surface area is 109 Å². The second-order valence-electron chi connectivity index (χ2n) is 4.31. The predicted molar refractivity (Wildman–Crippen MR) is 74.9 cm³/mol. The van der Waals surface area contributed by atoms with Crippen LogP contribution in [0.2, 0.25) is 0 Å². The van der Waals surface area contributed by atoms with Crippen molar-refractivity contribution >= 4 is 33.8 Å². The quantitative estimate of drug-likeness (QED) is 0.732. The zero-order valence-electron chi connectivity index (χ0n) is 10.4. The molecule has 0 aliphatic rings. The van der Waals surface area contributed by atoms with Gasteiger partial charge in [0.2, 0.25) is 5.16 Å². The first-order valence-corrected chi connectivity index (χ1v) is 7.02. The smallest absolute Gasteiger partial charge is 0.211 e. The van der Waals surface area contributed by atoms with Crippen molar-refractivity contribution in [1.29, 1.82) is 0 Å². The Kier molecular flexibility index (Phi) is 2.91. The maximum absolute atomic E-state index is 4.51. The van der Waals surface area contributed by atoms with Gasteiger partial charge in [-0.25, -0.2) is 4.98 Å². The Morgan fingerprint density at radius 1 is 1.28 bits per heavy atom. The number of hydrogen-bond acceptors (Lipinski definition) is 4. The van der Waals surface area contributed by atoms with E-state index in [1.807, 2.05) is 0 Å². The molecule has 0 atom stereocenters. The highest BCUT2D eigenvalue weighted by Gasteiger charge is 2.09. The summed E-state index contributed by atoms with van der Waals surface area (Å²) in [6.45, 7) is 4.22. The molecule has 18 heavy (non-hydrogen) atoms. The summed E-state index contributed by atoms with van der Waals surface area (Å²) < 4.78 is 0. The molecule has 5 heteroatoms. The fourth-order valence-electron chi connectivity index (χ4n) is 1.92. The van der Waals surface area contributed by atoms with Crippen LogP contribution in [0.5, 0.6) is 0 Å². The highest BCUT2D eigenvalue weighted by Crippen LogP contribution is 2.24. The normalized spacial score (nSPS) is 11.4. The zero-order valence-corrected chi connectivity index (χ0v) is 11.2. The van der Waals surface area contributed by atoms with Gasteiger partial charge in [0.1, 0.15) is 5.52 Å². The van der Waals surface area contributed by atoms with Crippen LogP contribution in [0.25, 0.3) is 22.1 Å². The fourth-order valence-corrected chi connectivity index (χ4v) is 2.57. The maximum Gasteiger partial charge on any atom is 0.211 e. The minimum Gasteiger partial charge on any atom is -0.338 e. The number of aromatic nitrogens is 4. The maximum atomic E-state index is 4.51. The summed E-state index contributed by atoms with van der Waals surface area (Å²) in [7, 11) is 0. The van der Waals surface area contributed by atoms with Gasteiger partial charge in [-0.05, 0) is 25.5 Å². The van der Waals surface area contributed by atoms with Crippen LogP contribution in [-0.4, -0.2) is 25.9 Å². The highest BCUT2D eigenvalue weighted by molar-refractivity contribution is 7.99. The van der Waals surface area contributed by atoms with E-state index >= 15 is 0 Å². The van der Waals surface area contributed by atoms with Crippen molar-refractivity contribution in [2.75, 3.05) is 5.75 Å². The summed E-state index contributed by atoms with van der Waals surface area (Å²) in [5.74, 6) is 1.02. The molecule has 92 valence electrons. The standard InChI is InChI=1S/C13H14N4S/c1-3-6-18-13-15-12-11(16-17-13)9-7-8(2)4-5-10(9)14-12/h4-5,7H,3,6H2,1-2H3,(H,14,15,17). The number of nitrogens with zero attached hydrogens (tertiary/aromatic N) is 3. The molecule has 0 saturated carbocycles. The molecule has 0 radical (unpaired) electrons. The Morgan fingerprint density at radius 3 is 3.00 bits per heavy atom. The largest absolute Gasteiger partial charge is 0.338 e. The van der Waals surface area contributed by atoms with E-state index in [0.717, 1.165) is 39.4 Å². The van der Waals surface area contributed by atoms with Crippen LogP contribution in [0.3, 0.4) is 0 Å². The van der Waals surface area contributed by atoms with Crippen LogP contribution >= 0.6 is 11.8 Å². The molecule has 4 nitrogen and oxygen atoms in total. The number of rotatable bonds is 3. The molecule has 0 fully saturated rings. The van der Waals surface area contributed by atoms with Crippen molar-refractivity contribution in [3.63, 3.8) is 0 Å². The lowest BCUT2D eigenvalue weighted by Crippen LogP contribution is -1.91. The summed E-state index contributed by atoms with van der Waals surface area (Å²) in [6, 6.07) is 6.26.